The quantitative estimate of drug-likeness (QED) is 0.573. The molecule has 32 heavy (non-hydrogen) atoms. The molecule has 0 atom stereocenters. The van der Waals surface area contributed by atoms with Gasteiger partial charge in [-0.1, -0.05) is 12.1 Å². The molecule has 0 bridgehead atoms. The number of ether oxygens (including phenoxy) is 1. The molecular formula is C22H18FN3O5S. The number of fused-ring (bicyclic) bond motifs is 1. The van der Waals surface area contributed by atoms with E-state index in [1.165, 1.54) is 43.6 Å². The second-order valence-corrected chi connectivity index (χ2v) is 8.80. The lowest BCUT2D eigenvalue weighted by molar-refractivity contribution is 0.0640. The zero-order chi connectivity index (χ0) is 23.0. The Morgan fingerprint density at radius 1 is 1.09 bits per heavy atom. The Balaban J connectivity index is 1.65. The van der Waals surface area contributed by atoms with Crippen molar-refractivity contribution in [3.05, 3.63) is 82.9 Å². The van der Waals surface area contributed by atoms with Gasteiger partial charge in [0.05, 0.1) is 24.9 Å². The Hall–Kier alpha value is -3.79. The molecule has 1 N–H and O–H groups in total. The van der Waals surface area contributed by atoms with Gasteiger partial charge in [-0.05, 0) is 54.4 Å². The van der Waals surface area contributed by atoms with Gasteiger partial charge >= 0.3 is 0 Å². The van der Waals surface area contributed by atoms with Gasteiger partial charge < -0.3 is 4.74 Å². The third-order valence-electron chi connectivity index (χ3n) is 5.01. The van der Waals surface area contributed by atoms with Crippen LogP contribution in [0.5, 0.6) is 5.75 Å². The fraction of sp³-hybridized carbons (Fsp3) is 0.136. The molecule has 3 aromatic rings. The molecule has 0 fully saturated rings. The summed E-state index contributed by atoms with van der Waals surface area (Å²) in [7, 11) is -2.85. The Labute approximate surface area is 183 Å². The van der Waals surface area contributed by atoms with Gasteiger partial charge in [-0.2, -0.15) is 0 Å². The van der Waals surface area contributed by atoms with Crippen molar-refractivity contribution < 1.29 is 27.1 Å². The zero-order valence-corrected chi connectivity index (χ0v) is 17.9. The summed E-state index contributed by atoms with van der Waals surface area (Å²) in [5.41, 5.74) is 1.06. The summed E-state index contributed by atoms with van der Waals surface area (Å²) < 4.78 is 47.4. The summed E-state index contributed by atoms with van der Waals surface area (Å²) in [4.78, 5) is 29.9. The number of halogens is 1. The molecular weight excluding hydrogens is 437 g/mol. The van der Waals surface area contributed by atoms with Gasteiger partial charge in [-0.25, -0.2) is 12.8 Å². The molecule has 0 saturated heterocycles. The molecule has 0 spiro atoms. The van der Waals surface area contributed by atoms with Crippen LogP contribution in [0.2, 0.25) is 0 Å². The summed E-state index contributed by atoms with van der Waals surface area (Å²) >= 11 is 0. The van der Waals surface area contributed by atoms with E-state index in [0.717, 1.165) is 11.0 Å². The minimum Gasteiger partial charge on any atom is -0.495 e. The van der Waals surface area contributed by atoms with E-state index in [0.29, 0.717) is 11.1 Å². The van der Waals surface area contributed by atoms with Gasteiger partial charge in [0.1, 0.15) is 22.2 Å². The number of methoxy groups -OCH3 is 1. The number of hydrogen-bond donors (Lipinski definition) is 1. The molecule has 10 heteroatoms. The monoisotopic (exact) mass is 455 g/mol. The number of amides is 2. The van der Waals surface area contributed by atoms with Crippen molar-refractivity contribution >= 4 is 27.5 Å². The van der Waals surface area contributed by atoms with Crippen LogP contribution in [-0.2, 0) is 16.6 Å². The van der Waals surface area contributed by atoms with Gasteiger partial charge in [0.25, 0.3) is 21.8 Å². The van der Waals surface area contributed by atoms with Crippen molar-refractivity contribution in [2.75, 3.05) is 11.8 Å². The lowest BCUT2D eigenvalue weighted by atomic mass is 10.2. The van der Waals surface area contributed by atoms with Crippen molar-refractivity contribution in [1.29, 1.82) is 0 Å². The van der Waals surface area contributed by atoms with Crippen molar-refractivity contribution in [3.8, 4) is 5.75 Å². The number of aromatic nitrogens is 1. The Kier molecular flexibility index (Phi) is 5.39. The van der Waals surface area contributed by atoms with Crippen LogP contribution in [0.4, 0.5) is 10.1 Å². The first-order valence-corrected chi connectivity index (χ1v) is 11.0. The molecule has 0 saturated carbocycles. The number of nitrogens with zero attached hydrogens (tertiary/aromatic N) is 2. The van der Waals surface area contributed by atoms with Gasteiger partial charge in [-0.15, -0.1) is 0 Å². The van der Waals surface area contributed by atoms with Crippen LogP contribution in [-0.4, -0.2) is 37.2 Å². The maximum atomic E-state index is 13.8. The largest absolute Gasteiger partial charge is 0.495 e. The van der Waals surface area contributed by atoms with Gasteiger partial charge in [-0.3, -0.25) is 24.2 Å². The molecule has 0 unspecified atom stereocenters. The molecule has 2 aromatic carbocycles. The van der Waals surface area contributed by atoms with E-state index >= 15 is 0 Å². The van der Waals surface area contributed by atoms with Crippen molar-refractivity contribution in [2.24, 2.45) is 0 Å². The number of imide groups is 1. The fourth-order valence-corrected chi connectivity index (χ4v) is 4.61. The zero-order valence-electron chi connectivity index (χ0n) is 17.1. The highest BCUT2D eigenvalue weighted by Gasteiger charge is 2.36. The molecule has 2 heterocycles. The number of anilines is 1. The fourth-order valence-electron chi connectivity index (χ4n) is 3.34. The van der Waals surface area contributed by atoms with Gasteiger partial charge in [0, 0.05) is 6.20 Å². The van der Waals surface area contributed by atoms with E-state index < -0.39 is 27.7 Å². The summed E-state index contributed by atoms with van der Waals surface area (Å²) in [6.45, 7) is 1.41. The SMILES string of the molecule is COc1ccc(CN2C(=O)c3cccnc3C2=O)cc1S(=O)(=O)Nc1ccc(C)c(F)c1. The second-order valence-electron chi connectivity index (χ2n) is 7.15. The summed E-state index contributed by atoms with van der Waals surface area (Å²) in [5, 5.41) is 0. The van der Waals surface area contributed by atoms with Gasteiger partial charge in [0.15, 0.2) is 0 Å². The number of hydrogen-bond acceptors (Lipinski definition) is 6. The number of benzene rings is 2. The number of rotatable bonds is 6. The molecule has 1 aliphatic heterocycles. The van der Waals surface area contributed by atoms with Crippen LogP contribution in [0.1, 0.15) is 32.0 Å². The highest BCUT2D eigenvalue weighted by Crippen LogP contribution is 2.29. The van der Waals surface area contributed by atoms with E-state index in [1.54, 1.807) is 19.1 Å². The number of nitrogens with one attached hydrogen (secondary N) is 1. The molecule has 0 radical (unpaired) electrons. The molecule has 4 rings (SSSR count). The minimum absolute atomic E-state index is 0.0481. The Morgan fingerprint density at radius 2 is 1.88 bits per heavy atom. The third kappa shape index (κ3) is 3.80. The predicted molar refractivity (Wildman–Crippen MR) is 113 cm³/mol. The number of aryl methyl sites for hydroxylation is 1. The topological polar surface area (TPSA) is 106 Å². The first kappa shape index (κ1) is 21.4. The van der Waals surface area contributed by atoms with Crippen LogP contribution in [0.25, 0.3) is 0 Å². The number of carbonyl (C=O) groups excluding carboxylic acids is 2. The van der Waals surface area contributed by atoms with E-state index in [1.807, 2.05) is 0 Å². The van der Waals surface area contributed by atoms with Crippen LogP contribution >= 0.6 is 0 Å². The highest BCUT2D eigenvalue weighted by atomic mass is 32.2. The first-order valence-electron chi connectivity index (χ1n) is 9.48. The summed E-state index contributed by atoms with van der Waals surface area (Å²) in [5.74, 6) is -1.56. The Bertz CT molecular complexity index is 1320. The molecule has 0 aliphatic carbocycles. The first-order chi connectivity index (χ1) is 15.2. The van der Waals surface area contributed by atoms with Gasteiger partial charge in [0.2, 0.25) is 0 Å². The average Bonchev–Trinajstić information content (AvgIpc) is 3.01. The van der Waals surface area contributed by atoms with Crippen molar-refractivity contribution in [2.45, 2.75) is 18.4 Å². The lowest BCUT2D eigenvalue weighted by Gasteiger charge is -2.16. The van der Waals surface area contributed by atoms with E-state index in [-0.39, 0.29) is 34.1 Å². The average molecular weight is 455 g/mol. The molecule has 1 aromatic heterocycles. The highest BCUT2D eigenvalue weighted by molar-refractivity contribution is 7.92. The smallest absolute Gasteiger partial charge is 0.280 e. The standard InChI is InChI=1S/C22H18FN3O5S/c1-13-5-7-15(11-17(13)23)25-32(29,30)19-10-14(6-8-18(19)31-2)12-26-21(27)16-4-3-9-24-20(16)22(26)28/h3-11,25H,12H2,1-2H3. The van der Waals surface area contributed by atoms with E-state index in [9.17, 15) is 22.4 Å². The second kappa shape index (κ2) is 8.04. The summed E-state index contributed by atoms with van der Waals surface area (Å²) in [6, 6.07) is 11.3. The number of sulfonamides is 1. The van der Waals surface area contributed by atoms with E-state index in [4.69, 9.17) is 4.74 Å². The molecule has 2 amide bonds. The van der Waals surface area contributed by atoms with Crippen LogP contribution in [0, 0.1) is 12.7 Å². The lowest BCUT2D eigenvalue weighted by Crippen LogP contribution is -2.29. The Morgan fingerprint density at radius 3 is 2.56 bits per heavy atom. The molecule has 8 nitrogen and oxygen atoms in total. The van der Waals surface area contributed by atoms with Crippen LogP contribution in [0.3, 0.4) is 0 Å². The summed E-state index contributed by atoms with van der Waals surface area (Å²) in [6.07, 6.45) is 1.42. The minimum atomic E-state index is -4.16. The van der Waals surface area contributed by atoms with E-state index in [2.05, 4.69) is 9.71 Å². The van der Waals surface area contributed by atoms with Crippen molar-refractivity contribution in [3.63, 3.8) is 0 Å². The van der Waals surface area contributed by atoms with Crippen molar-refractivity contribution in [1.82, 2.24) is 9.88 Å². The number of pyridine rings is 1. The third-order valence-corrected chi connectivity index (χ3v) is 6.42. The molecule has 1 aliphatic rings. The van der Waals surface area contributed by atoms with Crippen LogP contribution in [0.15, 0.2) is 59.6 Å². The maximum Gasteiger partial charge on any atom is 0.280 e. The predicted octanol–water partition coefficient (Wildman–Crippen LogP) is 3.13. The maximum absolute atomic E-state index is 13.8. The normalized spacial score (nSPS) is 13.3. The number of carbonyl (C=O) groups is 2. The van der Waals surface area contributed by atoms with Crippen LogP contribution < -0.4 is 9.46 Å². The molecule has 164 valence electrons.